The number of hydrogen-bond donors (Lipinski definition) is 5. The molecule has 0 fully saturated rings. The van der Waals surface area contributed by atoms with Crippen molar-refractivity contribution in [2.75, 3.05) is 0 Å². The molecule has 8 heteroatoms. The molecule has 0 saturated heterocycles. The molecule has 0 amide bonds. The number of phenols is 1. The van der Waals surface area contributed by atoms with E-state index in [9.17, 15) is 19.9 Å². The standard InChI is InChI=1S/C14H16NO6P/c16-10-3-1-9(2-4-10)7-14(18)12-6-5-11(17)8-13(12)15-22(19,20)21/h1-6,14,16-18H,7-8H2,(H2,19,20,21). The van der Waals surface area contributed by atoms with Crippen molar-refractivity contribution >= 4 is 13.5 Å². The van der Waals surface area contributed by atoms with Crippen LogP contribution in [0.25, 0.3) is 0 Å². The summed E-state index contributed by atoms with van der Waals surface area (Å²) in [5.41, 5.74) is 0.939. The number of rotatable bonds is 4. The average Bonchev–Trinajstić information content (AvgIpc) is 2.39. The highest BCUT2D eigenvalue weighted by molar-refractivity contribution is 7.50. The van der Waals surface area contributed by atoms with E-state index in [4.69, 9.17) is 9.79 Å². The monoisotopic (exact) mass is 325 g/mol. The number of allylic oxidation sites excluding steroid dienone is 3. The van der Waals surface area contributed by atoms with E-state index >= 15 is 0 Å². The molecule has 1 aliphatic carbocycles. The first-order valence-electron chi connectivity index (χ1n) is 6.45. The highest BCUT2D eigenvalue weighted by Crippen LogP contribution is 2.38. The lowest BCUT2D eigenvalue weighted by Crippen LogP contribution is -2.22. The molecular formula is C14H16NO6P. The van der Waals surface area contributed by atoms with Gasteiger partial charge in [0.2, 0.25) is 0 Å². The van der Waals surface area contributed by atoms with Gasteiger partial charge in [0.25, 0.3) is 0 Å². The third-order valence-electron chi connectivity index (χ3n) is 3.11. The Morgan fingerprint density at radius 1 is 1.14 bits per heavy atom. The van der Waals surface area contributed by atoms with Gasteiger partial charge in [-0.15, -0.1) is 0 Å². The summed E-state index contributed by atoms with van der Waals surface area (Å²) < 4.78 is 14.3. The van der Waals surface area contributed by atoms with Gasteiger partial charge in [0.1, 0.15) is 5.75 Å². The first-order valence-corrected chi connectivity index (χ1v) is 8.02. The van der Waals surface area contributed by atoms with Crippen molar-refractivity contribution in [3.8, 4) is 5.75 Å². The second-order valence-electron chi connectivity index (χ2n) is 4.90. The van der Waals surface area contributed by atoms with Crippen LogP contribution in [0.4, 0.5) is 0 Å². The number of aliphatic hydroxyl groups excluding tert-OH is 2. The van der Waals surface area contributed by atoms with Crippen LogP contribution in [0.15, 0.2) is 52.5 Å². The smallest absolute Gasteiger partial charge is 0.448 e. The number of hydrogen-bond acceptors (Lipinski definition) is 4. The summed E-state index contributed by atoms with van der Waals surface area (Å²) in [6.07, 6.45) is 1.73. The minimum atomic E-state index is -4.66. The normalized spacial score (nSPS) is 18.8. The Hall–Kier alpha value is -1.92. The zero-order valence-corrected chi connectivity index (χ0v) is 12.4. The summed E-state index contributed by atoms with van der Waals surface area (Å²) in [5.74, 6) is 0.0134. The molecule has 0 spiro atoms. The van der Waals surface area contributed by atoms with Gasteiger partial charge in [0, 0.05) is 18.4 Å². The summed E-state index contributed by atoms with van der Waals surface area (Å²) in [6, 6.07) is 6.23. The van der Waals surface area contributed by atoms with Crippen LogP contribution < -0.4 is 0 Å². The molecule has 0 heterocycles. The van der Waals surface area contributed by atoms with Crippen LogP contribution in [0, 0.1) is 0 Å². The second kappa shape index (κ2) is 6.46. The molecule has 0 aromatic heterocycles. The van der Waals surface area contributed by atoms with Crippen molar-refractivity contribution < 1.29 is 29.7 Å². The zero-order valence-electron chi connectivity index (χ0n) is 11.5. The maximum absolute atomic E-state index is 11.0. The van der Waals surface area contributed by atoms with Crippen LogP contribution in [0.3, 0.4) is 0 Å². The van der Waals surface area contributed by atoms with Crippen LogP contribution in [-0.2, 0) is 11.0 Å². The Kier molecular flexibility index (Phi) is 4.83. The predicted octanol–water partition coefficient (Wildman–Crippen LogP) is 1.60. The first-order chi connectivity index (χ1) is 10.2. The van der Waals surface area contributed by atoms with E-state index in [1.165, 1.54) is 24.3 Å². The van der Waals surface area contributed by atoms with E-state index < -0.39 is 13.9 Å². The summed E-state index contributed by atoms with van der Waals surface area (Å²) in [4.78, 5) is 17.9. The van der Waals surface area contributed by atoms with Gasteiger partial charge in [0.15, 0.2) is 0 Å². The fourth-order valence-corrected chi connectivity index (χ4v) is 2.63. The predicted molar refractivity (Wildman–Crippen MR) is 80.7 cm³/mol. The lowest BCUT2D eigenvalue weighted by molar-refractivity contribution is 0.216. The summed E-state index contributed by atoms with van der Waals surface area (Å²) in [5, 5.41) is 29.0. The van der Waals surface area contributed by atoms with E-state index in [2.05, 4.69) is 4.76 Å². The molecule has 1 aliphatic rings. The van der Waals surface area contributed by atoms with Gasteiger partial charge in [-0.1, -0.05) is 18.2 Å². The van der Waals surface area contributed by atoms with Crippen molar-refractivity contribution in [2.24, 2.45) is 4.76 Å². The largest absolute Gasteiger partial charge is 0.512 e. The second-order valence-corrected chi connectivity index (χ2v) is 6.13. The van der Waals surface area contributed by atoms with Gasteiger partial charge in [0.05, 0.1) is 17.6 Å². The maximum atomic E-state index is 11.0. The number of phenolic OH excluding ortho intramolecular Hbond substituents is 1. The lowest BCUT2D eigenvalue weighted by atomic mass is 9.93. The highest BCUT2D eigenvalue weighted by Gasteiger charge is 2.24. The Morgan fingerprint density at radius 2 is 1.77 bits per heavy atom. The van der Waals surface area contributed by atoms with Crippen molar-refractivity contribution in [1.82, 2.24) is 0 Å². The SMILES string of the molecule is O=P(O)(O)N=C1CC(O)=CC=C1C(O)Cc1ccc(O)cc1. The molecule has 0 aliphatic heterocycles. The molecule has 1 unspecified atom stereocenters. The highest BCUT2D eigenvalue weighted by atomic mass is 31.2. The fourth-order valence-electron chi connectivity index (χ4n) is 2.13. The lowest BCUT2D eigenvalue weighted by Gasteiger charge is -2.20. The Labute approximate surface area is 126 Å². The topological polar surface area (TPSA) is 131 Å². The Morgan fingerprint density at radius 3 is 2.36 bits per heavy atom. The van der Waals surface area contributed by atoms with Crippen LogP contribution in [0.1, 0.15) is 12.0 Å². The van der Waals surface area contributed by atoms with Crippen molar-refractivity contribution in [3.63, 3.8) is 0 Å². The van der Waals surface area contributed by atoms with Crippen LogP contribution in [0.5, 0.6) is 5.75 Å². The summed E-state index contributed by atoms with van der Waals surface area (Å²) in [7, 11) is -4.66. The van der Waals surface area contributed by atoms with E-state index in [1.54, 1.807) is 12.1 Å². The minimum Gasteiger partial charge on any atom is -0.512 e. The molecule has 0 saturated carbocycles. The van der Waals surface area contributed by atoms with E-state index in [-0.39, 0.29) is 35.6 Å². The summed E-state index contributed by atoms with van der Waals surface area (Å²) in [6.45, 7) is 0. The van der Waals surface area contributed by atoms with E-state index in [0.29, 0.717) is 0 Å². The zero-order chi connectivity index (χ0) is 16.3. The van der Waals surface area contributed by atoms with Gasteiger partial charge in [-0.3, -0.25) is 0 Å². The molecule has 22 heavy (non-hydrogen) atoms. The molecule has 118 valence electrons. The molecule has 2 rings (SSSR count). The summed E-state index contributed by atoms with van der Waals surface area (Å²) >= 11 is 0. The van der Waals surface area contributed by atoms with Crippen LogP contribution in [0.2, 0.25) is 0 Å². The quantitative estimate of drug-likeness (QED) is 0.534. The number of nitrogens with zero attached hydrogens (tertiary/aromatic N) is 1. The van der Waals surface area contributed by atoms with Gasteiger partial charge in [-0.2, -0.15) is 4.76 Å². The number of aliphatic hydroxyl groups is 2. The number of benzene rings is 1. The Bertz CT molecular complexity index is 686. The molecule has 7 nitrogen and oxygen atoms in total. The van der Waals surface area contributed by atoms with Crippen molar-refractivity contribution in [1.29, 1.82) is 0 Å². The van der Waals surface area contributed by atoms with Gasteiger partial charge >= 0.3 is 7.75 Å². The molecule has 0 radical (unpaired) electrons. The van der Waals surface area contributed by atoms with Crippen LogP contribution >= 0.6 is 7.75 Å². The van der Waals surface area contributed by atoms with Gasteiger partial charge < -0.3 is 25.1 Å². The molecule has 0 bridgehead atoms. The molecular weight excluding hydrogens is 309 g/mol. The molecule has 5 N–H and O–H groups in total. The third kappa shape index (κ3) is 4.54. The molecule has 1 aromatic rings. The first kappa shape index (κ1) is 16.5. The molecule has 1 aromatic carbocycles. The molecule has 1 atom stereocenters. The van der Waals surface area contributed by atoms with Crippen molar-refractivity contribution in [2.45, 2.75) is 18.9 Å². The maximum Gasteiger partial charge on any atom is 0.448 e. The Balaban J connectivity index is 2.25. The van der Waals surface area contributed by atoms with Gasteiger partial charge in [-0.05, 0) is 23.8 Å². The van der Waals surface area contributed by atoms with E-state index in [0.717, 1.165) is 5.56 Å². The van der Waals surface area contributed by atoms with Gasteiger partial charge in [-0.25, -0.2) is 4.57 Å². The average molecular weight is 325 g/mol. The third-order valence-corrected chi connectivity index (χ3v) is 3.61. The number of aromatic hydroxyl groups is 1. The van der Waals surface area contributed by atoms with Crippen LogP contribution in [-0.4, -0.2) is 36.9 Å². The van der Waals surface area contributed by atoms with Crippen molar-refractivity contribution in [3.05, 3.63) is 53.3 Å². The van der Waals surface area contributed by atoms with E-state index in [1.807, 2.05) is 0 Å². The minimum absolute atomic E-state index is 0.0420. The fraction of sp³-hybridized carbons (Fsp3) is 0.214.